The molecule has 4 heterocycles. The smallest absolute Gasteiger partial charge is 0.258 e. The van der Waals surface area contributed by atoms with Crippen molar-refractivity contribution in [2.24, 2.45) is 0 Å². The first-order valence-corrected chi connectivity index (χ1v) is 23.9. The molecular formula is C63H32N4O8. The maximum Gasteiger partial charge on any atom is 0.258 e. The van der Waals surface area contributed by atoms with E-state index >= 15 is 0 Å². The number of fused-ring (bicyclic) bond motifs is 10. The van der Waals surface area contributed by atoms with E-state index in [9.17, 15) is 38.4 Å². The van der Waals surface area contributed by atoms with Crippen LogP contribution in [0.4, 0.5) is 0 Å². The Bertz CT molecular complexity index is 5100. The van der Waals surface area contributed by atoms with E-state index in [2.05, 4.69) is 94.7 Å². The lowest BCUT2D eigenvalue weighted by molar-refractivity contribution is 1.26. The van der Waals surface area contributed by atoms with Gasteiger partial charge in [0.2, 0.25) is 0 Å². The van der Waals surface area contributed by atoms with Gasteiger partial charge in [0.25, 0.3) is 44.5 Å². The zero-order valence-corrected chi connectivity index (χ0v) is 39.7. The Balaban J connectivity index is 1.07. The van der Waals surface area contributed by atoms with E-state index in [1.807, 2.05) is 36.4 Å². The number of H-pyrrole nitrogens is 4. The Kier molecular flexibility index (Phi) is 8.78. The Morgan fingerprint density at radius 3 is 0.893 bits per heavy atom. The molecule has 0 aliphatic heterocycles. The molecule has 0 radical (unpaired) electrons. The second kappa shape index (κ2) is 15.2. The van der Waals surface area contributed by atoms with Crippen LogP contribution in [-0.4, -0.2) is 19.9 Å². The average molecular weight is 973 g/mol. The minimum atomic E-state index is -0.530. The highest BCUT2D eigenvalue weighted by atomic mass is 16.2. The largest absolute Gasteiger partial charge is 0.288 e. The maximum absolute atomic E-state index is 13.1. The van der Waals surface area contributed by atoms with Gasteiger partial charge in [-0.25, -0.2) is 0 Å². The van der Waals surface area contributed by atoms with Gasteiger partial charge in [-0.05, 0) is 187 Å². The number of aryl methyl sites for hydroxylation is 3. The van der Waals surface area contributed by atoms with Crippen molar-refractivity contribution in [3.05, 3.63) is 237 Å². The van der Waals surface area contributed by atoms with Crippen molar-refractivity contribution in [1.29, 1.82) is 0 Å². The molecule has 4 aromatic heterocycles. The summed E-state index contributed by atoms with van der Waals surface area (Å²) in [5.74, 6) is 13.9. The molecule has 0 bridgehead atoms. The third-order valence-electron chi connectivity index (χ3n) is 14.9. The molecule has 0 fully saturated rings. The van der Waals surface area contributed by atoms with Crippen molar-refractivity contribution in [1.82, 2.24) is 19.9 Å². The van der Waals surface area contributed by atoms with Crippen molar-refractivity contribution < 1.29 is 0 Å². The normalized spacial score (nSPS) is 11.9. The molecule has 75 heavy (non-hydrogen) atoms. The Morgan fingerprint density at radius 1 is 0.280 bits per heavy atom. The molecule has 0 amide bonds. The van der Waals surface area contributed by atoms with Gasteiger partial charge in [0.1, 0.15) is 0 Å². The summed E-state index contributed by atoms with van der Waals surface area (Å²) in [5, 5.41) is 9.90. The summed E-state index contributed by atoms with van der Waals surface area (Å²) in [7, 11) is 0. The Hall–Kier alpha value is -10.6. The Morgan fingerprint density at radius 2 is 0.573 bits per heavy atom. The first kappa shape index (κ1) is 43.2. The van der Waals surface area contributed by atoms with Crippen LogP contribution in [0.15, 0.2) is 154 Å². The molecule has 0 spiro atoms. The summed E-state index contributed by atoms with van der Waals surface area (Å²) < 4.78 is 0. The molecule has 4 N–H and O–H groups in total. The van der Waals surface area contributed by atoms with Gasteiger partial charge in [-0.1, -0.05) is 65.6 Å². The fourth-order valence-corrected chi connectivity index (χ4v) is 11.6. The van der Waals surface area contributed by atoms with Gasteiger partial charge in [-0.3, -0.25) is 58.3 Å². The van der Waals surface area contributed by atoms with Crippen LogP contribution in [0.3, 0.4) is 0 Å². The van der Waals surface area contributed by atoms with Crippen molar-refractivity contribution in [2.45, 2.75) is 20.8 Å². The van der Waals surface area contributed by atoms with Crippen molar-refractivity contribution in [3.63, 3.8) is 0 Å². The third kappa shape index (κ3) is 6.27. The van der Waals surface area contributed by atoms with Gasteiger partial charge < -0.3 is 0 Å². The molecule has 10 aromatic carbocycles. The van der Waals surface area contributed by atoms with Gasteiger partial charge >= 0.3 is 0 Å². The molecule has 0 saturated carbocycles. The van der Waals surface area contributed by atoms with E-state index in [0.29, 0.717) is 65.3 Å². The number of benzene rings is 10. The minimum absolute atomic E-state index is 0.202. The first-order valence-electron chi connectivity index (χ1n) is 23.9. The monoisotopic (exact) mass is 972 g/mol. The SMILES string of the molecule is Cc1cc(C)c(-c2c3cccc(C#Cc4c5cc6c(=O)[nH]c(=O)c6cc5cc5cc6c(=O)[nH]c(=O)c6cc45)c3cc3c(C#Cc4c5cc6c(=O)[nH]c(=O)c6cc5cc5cc6c(=O)[nH]c(=O)c6cc45)cccc23)c(C)c1. The molecular weight excluding hydrogens is 941 g/mol. The molecule has 0 saturated heterocycles. The highest BCUT2D eigenvalue weighted by molar-refractivity contribution is 6.18. The summed E-state index contributed by atoms with van der Waals surface area (Å²) in [4.78, 5) is 113. The second-order valence-corrected chi connectivity index (χ2v) is 19.4. The fourth-order valence-electron chi connectivity index (χ4n) is 11.6. The number of aromatic nitrogens is 4. The molecule has 352 valence electrons. The van der Waals surface area contributed by atoms with E-state index in [0.717, 1.165) is 49.4 Å². The van der Waals surface area contributed by atoms with E-state index in [-0.39, 0.29) is 43.1 Å². The number of hydrogen-bond donors (Lipinski definition) is 4. The van der Waals surface area contributed by atoms with Gasteiger partial charge in [0.15, 0.2) is 0 Å². The van der Waals surface area contributed by atoms with E-state index in [4.69, 9.17) is 0 Å². The summed E-state index contributed by atoms with van der Waals surface area (Å²) in [6, 6.07) is 35.1. The third-order valence-corrected chi connectivity index (χ3v) is 14.9. The fraction of sp³-hybridized carbons (Fsp3) is 0.0476. The van der Waals surface area contributed by atoms with Crippen molar-refractivity contribution in [3.8, 4) is 34.8 Å². The van der Waals surface area contributed by atoms with Crippen LogP contribution >= 0.6 is 0 Å². The van der Waals surface area contributed by atoms with Crippen LogP contribution in [0.1, 0.15) is 38.9 Å². The quantitative estimate of drug-likeness (QED) is 0.0926. The first-order chi connectivity index (χ1) is 36.2. The molecule has 0 aliphatic carbocycles. The summed E-state index contributed by atoms with van der Waals surface area (Å²) >= 11 is 0. The van der Waals surface area contributed by atoms with E-state index in [1.165, 1.54) is 0 Å². The highest BCUT2D eigenvalue weighted by Gasteiger charge is 2.20. The average Bonchev–Trinajstić information content (AvgIpc) is 4.03. The maximum atomic E-state index is 13.1. The summed E-state index contributed by atoms with van der Waals surface area (Å²) in [5.41, 5.74) is 3.35. The summed E-state index contributed by atoms with van der Waals surface area (Å²) in [6.07, 6.45) is 0. The number of aromatic amines is 4. The number of rotatable bonds is 1. The highest BCUT2D eigenvalue weighted by Crippen LogP contribution is 2.42. The lowest BCUT2D eigenvalue weighted by Gasteiger charge is -2.18. The molecule has 14 rings (SSSR count). The molecule has 0 unspecified atom stereocenters. The topological polar surface area (TPSA) is 200 Å². The van der Waals surface area contributed by atoms with Crippen LogP contribution < -0.4 is 44.5 Å². The minimum Gasteiger partial charge on any atom is -0.288 e. The standard InChI is InChI=1S/C63H32N4O8/c1-27-14-28(2)54(29(3)15-27)55-38-8-4-6-30(10-12-36-42-23-50-46(56(68)64-60(50)72)18-32(42)16-33-19-47-51(24-43(33)36)61(73)65-57(47)69)40(38)22-41-31(7-5-9-39(41)55)11-13-37-44-25-52-48(58(70)66-62(52)74)20-34(44)17-35-21-49-53(26-45(35)37)63(75)67-59(49)71/h4-9,14-26H,1-3H3,(H,64,68,72)(H,65,69,73)(H,66,70,74)(H,67,71,75). The van der Waals surface area contributed by atoms with Gasteiger partial charge in [-0.15, -0.1) is 0 Å². The molecule has 0 aliphatic rings. The predicted octanol–water partition coefficient (Wildman–Crippen LogP) is 8.56. The van der Waals surface area contributed by atoms with Crippen LogP contribution in [0, 0.1) is 44.5 Å². The van der Waals surface area contributed by atoms with Crippen molar-refractivity contribution >= 4 is 108 Å². The number of hydrogen-bond acceptors (Lipinski definition) is 8. The second-order valence-electron chi connectivity index (χ2n) is 19.4. The van der Waals surface area contributed by atoms with Gasteiger partial charge in [0.05, 0.1) is 43.1 Å². The van der Waals surface area contributed by atoms with Crippen LogP contribution in [0.5, 0.6) is 0 Å². The van der Waals surface area contributed by atoms with Crippen molar-refractivity contribution in [2.75, 3.05) is 0 Å². The van der Waals surface area contributed by atoms with Crippen LogP contribution in [0.25, 0.3) is 119 Å². The Labute approximate surface area is 418 Å². The van der Waals surface area contributed by atoms with Gasteiger partial charge in [-0.2, -0.15) is 0 Å². The zero-order valence-electron chi connectivity index (χ0n) is 39.7. The molecule has 0 atom stereocenters. The summed E-state index contributed by atoms with van der Waals surface area (Å²) in [6.45, 7) is 6.25. The lowest BCUT2D eigenvalue weighted by atomic mass is 9.85. The van der Waals surface area contributed by atoms with E-state index in [1.54, 1.807) is 48.5 Å². The van der Waals surface area contributed by atoms with Crippen LogP contribution in [0.2, 0.25) is 0 Å². The van der Waals surface area contributed by atoms with Gasteiger partial charge in [0, 0.05) is 22.3 Å². The number of nitrogens with one attached hydrogen (secondary N) is 4. The molecule has 14 aromatic rings. The zero-order chi connectivity index (χ0) is 51.5. The van der Waals surface area contributed by atoms with E-state index < -0.39 is 44.5 Å². The van der Waals surface area contributed by atoms with Crippen LogP contribution in [-0.2, 0) is 0 Å². The molecule has 12 nitrogen and oxygen atoms in total. The lowest BCUT2D eigenvalue weighted by Crippen LogP contribution is -2.05. The predicted molar refractivity (Wildman–Crippen MR) is 298 cm³/mol. The molecule has 12 heteroatoms.